The molecule has 3 rings (SSSR count). The number of hydrogen-bond donors (Lipinski definition) is 0. The molecule has 8 nitrogen and oxygen atoms in total. The molecule has 1 atom stereocenters. The van der Waals surface area contributed by atoms with Gasteiger partial charge in [0.2, 0.25) is 0 Å². The van der Waals surface area contributed by atoms with Crippen LogP contribution in [0, 0.1) is 0 Å². The fourth-order valence-corrected chi connectivity index (χ4v) is 3.14. The van der Waals surface area contributed by atoms with Crippen molar-refractivity contribution >= 4 is 29.2 Å². The van der Waals surface area contributed by atoms with Gasteiger partial charge in [-0.15, -0.1) is 14.8 Å². The molecule has 0 aromatic carbocycles. The Kier molecular flexibility index (Phi) is 3.68. The van der Waals surface area contributed by atoms with E-state index in [0.717, 1.165) is 12.3 Å². The monoisotopic (exact) mass is 294 g/mol. The smallest absolute Gasteiger partial charge is 0.329 e. The molecule has 1 aliphatic heterocycles. The van der Waals surface area contributed by atoms with Gasteiger partial charge < -0.3 is 9.64 Å². The summed E-state index contributed by atoms with van der Waals surface area (Å²) in [7, 11) is 0. The van der Waals surface area contributed by atoms with E-state index in [2.05, 4.69) is 20.6 Å². The van der Waals surface area contributed by atoms with E-state index in [0.29, 0.717) is 23.8 Å². The summed E-state index contributed by atoms with van der Waals surface area (Å²) in [6.45, 7) is 2.94. The van der Waals surface area contributed by atoms with E-state index in [1.807, 2.05) is 17.9 Å². The Labute approximate surface area is 119 Å². The van der Waals surface area contributed by atoms with E-state index in [-0.39, 0.29) is 12.0 Å². The van der Waals surface area contributed by atoms with Gasteiger partial charge in [0.15, 0.2) is 11.5 Å². The van der Waals surface area contributed by atoms with Crippen molar-refractivity contribution in [3.63, 3.8) is 0 Å². The van der Waals surface area contributed by atoms with E-state index in [4.69, 9.17) is 4.74 Å². The minimum absolute atomic E-state index is 0.210. The zero-order valence-electron chi connectivity index (χ0n) is 11.0. The average Bonchev–Trinajstić information content (AvgIpc) is 2.95. The van der Waals surface area contributed by atoms with Crippen LogP contribution in [0.2, 0.25) is 0 Å². The molecule has 1 saturated heterocycles. The van der Waals surface area contributed by atoms with Gasteiger partial charge in [-0.2, -0.15) is 11.8 Å². The van der Waals surface area contributed by atoms with Crippen molar-refractivity contribution in [2.75, 3.05) is 29.6 Å². The molecule has 0 aliphatic carbocycles. The first kappa shape index (κ1) is 13.1. The highest BCUT2D eigenvalue weighted by Crippen LogP contribution is 2.23. The molecule has 2 aromatic rings. The number of fused-ring (bicyclic) bond motifs is 1. The SMILES string of the molecule is CCOC(=O)[C@@H]1CSCCN1c1ccc2nnnn2n1. The Balaban J connectivity index is 1.90. The van der Waals surface area contributed by atoms with Gasteiger partial charge in [0.1, 0.15) is 6.04 Å². The third kappa shape index (κ3) is 2.40. The third-order valence-electron chi connectivity index (χ3n) is 3.04. The number of ether oxygens (including phenoxy) is 1. The van der Waals surface area contributed by atoms with Crippen molar-refractivity contribution in [2.45, 2.75) is 13.0 Å². The maximum absolute atomic E-state index is 12.0. The summed E-state index contributed by atoms with van der Waals surface area (Å²) in [5, 5.41) is 15.5. The van der Waals surface area contributed by atoms with E-state index in [9.17, 15) is 4.79 Å². The highest BCUT2D eigenvalue weighted by atomic mass is 32.2. The molecule has 1 aliphatic rings. The number of anilines is 1. The molecule has 9 heteroatoms. The quantitative estimate of drug-likeness (QED) is 0.732. The van der Waals surface area contributed by atoms with Crippen molar-refractivity contribution < 1.29 is 9.53 Å². The fraction of sp³-hybridized carbons (Fsp3) is 0.545. The topological polar surface area (TPSA) is 85.5 Å². The Morgan fingerprint density at radius 3 is 3.30 bits per heavy atom. The lowest BCUT2D eigenvalue weighted by molar-refractivity contribution is -0.144. The van der Waals surface area contributed by atoms with Crippen molar-refractivity contribution in [3.05, 3.63) is 12.1 Å². The summed E-state index contributed by atoms with van der Waals surface area (Å²) in [6, 6.07) is 3.30. The number of carbonyl (C=O) groups is 1. The van der Waals surface area contributed by atoms with E-state index < -0.39 is 0 Å². The van der Waals surface area contributed by atoms with Gasteiger partial charge in [-0.1, -0.05) is 0 Å². The number of nitrogens with zero attached hydrogens (tertiary/aromatic N) is 6. The lowest BCUT2D eigenvalue weighted by Gasteiger charge is -2.34. The summed E-state index contributed by atoms with van der Waals surface area (Å²) < 4.78 is 6.50. The minimum atomic E-state index is -0.310. The molecule has 0 bridgehead atoms. The van der Waals surface area contributed by atoms with Gasteiger partial charge >= 0.3 is 5.97 Å². The molecule has 0 saturated carbocycles. The van der Waals surface area contributed by atoms with Crippen LogP contribution in [0.15, 0.2) is 12.1 Å². The Morgan fingerprint density at radius 2 is 2.45 bits per heavy atom. The first-order chi connectivity index (χ1) is 9.79. The summed E-state index contributed by atoms with van der Waals surface area (Å²) in [5.74, 6) is 2.13. The number of hydrogen-bond acceptors (Lipinski definition) is 8. The summed E-state index contributed by atoms with van der Waals surface area (Å²) >= 11 is 1.74. The highest BCUT2D eigenvalue weighted by molar-refractivity contribution is 7.99. The molecule has 0 unspecified atom stereocenters. The van der Waals surface area contributed by atoms with E-state index >= 15 is 0 Å². The van der Waals surface area contributed by atoms with Crippen LogP contribution in [0.25, 0.3) is 5.65 Å². The molecular formula is C11H14N6O2S. The largest absolute Gasteiger partial charge is 0.464 e. The van der Waals surface area contributed by atoms with Crippen LogP contribution >= 0.6 is 11.8 Å². The predicted molar refractivity (Wildman–Crippen MR) is 73.7 cm³/mol. The van der Waals surface area contributed by atoms with Gasteiger partial charge in [0, 0.05) is 18.1 Å². The molecular weight excluding hydrogens is 280 g/mol. The van der Waals surface area contributed by atoms with Crippen LogP contribution in [-0.2, 0) is 9.53 Å². The molecule has 0 amide bonds. The van der Waals surface area contributed by atoms with Crippen molar-refractivity contribution in [1.29, 1.82) is 0 Å². The molecule has 106 valence electrons. The maximum Gasteiger partial charge on any atom is 0.329 e. The van der Waals surface area contributed by atoms with E-state index in [1.54, 1.807) is 17.8 Å². The number of carbonyl (C=O) groups excluding carboxylic acids is 1. The highest BCUT2D eigenvalue weighted by Gasteiger charge is 2.31. The maximum atomic E-state index is 12.0. The van der Waals surface area contributed by atoms with Crippen LogP contribution < -0.4 is 4.90 Å². The van der Waals surface area contributed by atoms with Crippen LogP contribution in [0.1, 0.15) is 6.92 Å². The molecule has 1 fully saturated rings. The van der Waals surface area contributed by atoms with Crippen LogP contribution in [0.5, 0.6) is 0 Å². The van der Waals surface area contributed by atoms with Crippen LogP contribution in [0.3, 0.4) is 0 Å². The second-order valence-electron chi connectivity index (χ2n) is 4.25. The fourth-order valence-electron chi connectivity index (χ4n) is 2.11. The van der Waals surface area contributed by atoms with Crippen molar-refractivity contribution in [2.24, 2.45) is 0 Å². The predicted octanol–water partition coefficient (Wildman–Crippen LogP) is 0.00420. The first-order valence-corrected chi connectivity index (χ1v) is 7.51. The molecule has 2 aromatic heterocycles. The van der Waals surface area contributed by atoms with Crippen LogP contribution in [0.4, 0.5) is 5.82 Å². The third-order valence-corrected chi connectivity index (χ3v) is 4.06. The minimum Gasteiger partial charge on any atom is -0.464 e. The van der Waals surface area contributed by atoms with E-state index in [1.165, 1.54) is 4.63 Å². The van der Waals surface area contributed by atoms with Gasteiger partial charge in [-0.3, -0.25) is 0 Å². The normalized spacial score (nSPS) is 19.2. The standard InChI is InChI=1S/C11H14N6O2S/c1-2-19-11(18)8-7-20-6-5-16(8)10-4-3-9-12-14-15-17(9)13-10/h3-4,8H,2,5-7H2,1H3/t8-/m0/s1. The molecule has 3 heterocycles. The first-order valence-electron chi connectivity index (χ1n) is 6.36. The molecule has 0 spiro atoms. The van der Waals surface area contributed by atoms with Gasteiger partial charge in [0.05, 0.1) is 6.61 Å². The lowest BCUT2D eigenvalue weighted by atomic mass is 10.2. The summed E-state index contributed by atoms with van der Waals surface area (Å²) in [6.07, 6.45) is 0. The van der Waals surface area contributed by atoms with Gasteiger partial charge in [-0.05, 0) is 29.5 Å². The summed E-state index contributed by atoms with van der Waals surface area (Å²) in [5.41, 5.74) is 0.577. The van der Waals surface area contributed by atoms with Gasteiger partial charge in [0.25, 0.3) is 0 Å². The average molecular weight is 294 g/mol. The zero-order valence-corrected chi connectivity index (χ0v) is 11.8. The number of rotatable bonds is 3. The molecule has 0 radical (unpaired) electrons. The van der Waals surface area contributed by atoms with Crippen molar-refractivity contribution in [3.8, 4) is 0 Å². The molecule has 0 N–H and O–H groups in total. The second kappa shape index (κ2) is 5.61. The number of tetrazole rings is 1. The van der Waals surface area contributed by atoms with Crippen LogP contribution in [-0.4, -0.2) is 61.9 Å². The molecule has 20 heavy (non-hydrogen) atoms. The Bertz CT molecular complexity index is 618. The van der Waals surface area contributed by atoms with Gasteiger partial charge in [-0.25, -0.2) is 4.79 Å². The summed E-state index contributed by atoms with van der Waals surface area (Å²) in [4.78, 5) is 14.0. The number of thioether (sulfide) groups is 1. The number of aromatic nitrogens is 5. The number of esters is 1. The van der Waals surface area contributed by atoms with Crippen molar-refractivity contribution in [1.82, 2.24) is 25.3 Å². The second-order valence-corrected chi connectivity index (χ2v) is 5.40. The Hall–Kier alpha value is -1.90. The zero-order chi connectivity index (χ0) is 13.9. The lowest BCUT2D eigenvalue weighted by Crippen LogP contribution is -2.48. The Morgan fingerprint density at radius 1 is 1.55 bits per heavy atom.